The van der Waals surface area contributed by atoms with E-state index in [4.69, 9.17) is 10.8 Å². The molecule has 0 aromatic heterocycles. The monoisotopic (exact) mass is 260 g/mol. The van der Waals surface area contributed by atoms with Crippen LogP contribution in [0.3, 0.4) is 0 Å². The van der Waals surface area contributed by atoms with Gasteiger partial charge in [-0.3, -0.25) is 0 Å². The smallest absolute Gasteiger partial charge is 0.240 e. The number of nitrogens with two attached hydrogens (primary N) is 1. The Morgan fingerprint density at radius 1 is 1.35 bits per heavy atom. The van der Waals surface area contributed by atoms with Gasteiger partial charge < -0.3 is 15.9 Å². The molecular weight excluding hydrogens is 244 g/mol. The molecule has 1 atom stereocenters. The van der Waals surface area contributed by atoms with Crippen molar-refractivity contribution in [2.75, 3.05) is 18.9 Å². The van der Waals surface area contributed by atoms with Crippen LogP contribution in [0.4, 0.5) is 5.69 Å². The predicted molar refractivity (Wildman–Crippen MR) is 63.8 cm³/mol. The molecule has 0 saturated carbocycles. The molecule has 1 unspecified atom stereocenters. The van der Waals surface area contributed by atoms with Crippen LogP contribution in [0, 0.1) is 0 Å². The zero-order valence-electron chi connectivity index (χ0n) is 9.42. The van der Waals surface area contributed by atoms with Crippen molar-refractivity contribution < 1.29 is 18.6 Å². The van der Waals surface area contributed by atoms with Crippen molar-refractivity contribution in [2.24, 2.45) is 0 Å². The highest BCUT2D eigenvalue weighted by Crippen LogP contribution is 2.12. The van der Waals surface area contributed by atoms with Gasteiger partial charge in [0.1, 0.15) is 0 Å². The molecule has 1 aromatic rings. The van der Waals surface area contributed by atoms with Crippen LogP contribution in [0.1, 0.15) is 6.92 Å². The van der Waals surface area contributed by atoms with Gasteiger partial charge in [-0.15, -0.1) is 0 Å². The number of aliphatic hydroxyl groups excluding tert-OH is 1. The number of hydrogen-bond donors (Lipinski definition) is 4. The summed E-state index contributed by atoms with van der Waals surface area (Å²) in [5, 5.41) is 18.3. The zero-order chi connectivity index (χ0) is 13.1. The Bertz CT molecular complexity index is 468. The van der Waals surface area contributed by atoms with E-state index in [-0.39, 0.29) is 11.4 Å². The molecule has 1 aromatic carbocycles. The first kappa shape index (κ1) is 13.9. The highest BCUT2D eigenvalue weighted by atomic mass is 32.2. The van der Waals surface area contributed by atoms with E-state index in [9.17, 15) is 13.5 Å². The summed E-state index contributed by atoms with van der Waals surface area (Å²) in [6, 6.07) is 5.67. The fourth-order valence-electron chi connectivity index (χ4n) is 1.04. The summed E-state index contributed by atoms with van der Waals surface area (Å²) in [5.74, 6) is 0. The number of sulfonamides is 1. The van der Waals surface area contributed by atoms with Gasteiger partial charge in [0.25, 0.3) is 0 Å². The van der Waals surface area contributed by atoms with Crippen molar-refractivity contribution in [2.45, 2.75) is 17.4 Å². The Labute approximate surface area is 100 Å². The van der Waals surface area contributed by atoms with E-state index in [2.05, 4.69) is 4.72 Å². The second kappa shape index (κ2) is 5.01. The van der Waals surface area contributed by atoms with Crippen LogP contribution in [0.2, 0.25) is 0 Å². The maximum atomic E-state index is 11.8. The summed E-state index contributed by atoms with van der Waals surface area (Å²) in [6.07, 6.45) is 0. The topological polar surface area (TPSA) is 113 Å². The fourth-order valence-corrected chi connectivity index (χ4v) is 2.20. The minimum atomic E-state index is -3.70. The van der Waals surface area contributed by atoms with Gasteiger partial charge in [0.05, 0.1) is 17.1 Å². The van der Waals surface area contributed by atoms with Crippen LogP contribution in [-0.4, -0.2) is 37.4 Å². The molecule has 5 N–H and O–H groups in total. The highest BCUT2D eigenvalue weighted by Gasteiger charge is 2.23. The van der Waals surface area contributed by atoms with E-state index in [0.29, 0.717) is 5.69 Å². The van der Waals surface area contributed by atoms with Gasteiger partial charge in [0.15, 0.2) is 0 Å². The third kappa shape index (κ3) is 3.97. The van der Waals surface area contributed by atoms with Gasteiger partial charge in [0.2, 0.25) is 10.0 Å². The molecule has 0 spiro atoms. The molecule has 0 bridgehead atoms. The maximum Gasteiger partial charge on any atom is 0.240 e. The third-order valence-corrected chi connectivity index (χ3v) is 3.59. The molecular formula is C10H16N2O4S. The normalized spacial score (nSPS) is 15.5. The molecule has 0 aliphatic carbocycles. The summed E-state index contributed by atoms with van der Waals surface area (Å²) in [7, 11) is -3.70. The van der Waals surface area contributed by atoms with Crippen molar-refractivity contribution in [3.8, 4) is 0 Å². The zero-order valence-corrected chi connectivity index (χ0v) is 10.2. The molecule has 0 aliphatic heterocycles. The standard InChI is InChI=1S/C10H16N2O4S/c1-10(14,7-13)6-12-17(15,16)9-4-2-8(11)3-5-9/h2-5,12-14H,6-7,11H2,1H3. The Kier molecular flexibility index (Phi) is 4.10. The van der Waals surface area contributed by atoms with Crippen molar-refractivity contribution in [3.63, 3.8) is 0 Å². The van der Waals surface area contributed by atoms with Gasteiger partial charge in [-0.2, -0.15) is 0 Å². The number of nitrogen functional groups attached to an aromatic ring is 1. The van der Waals surface area contributed by atoms with Crippen molar-refractivity contribution in [1.82, 2.24) is 4.72 Å². The minimum absolute atomic E-state index is 0.0560. The molecule has 0 aliphatic rings. The quantitative estimate of drug-likeness (QED) is 0.522. The number of rotatable bonds is 5. The molecule has 0 radical (unpaired) electrons. The van der Waals surface area contributed by atoms with Gasteiger partial charge >= 0.3 is 0 Å². The van der Waals surface area contributed by atoms with Gasteiger partial charge in [0, 0.05) is 12.2 Å². The van der Waals surface area contributed by atoms with E-state index < -0.39 is 22.2 Å². The van der Waals surface area contributed by atoms with E-state index in [0.717, 1.165) is 0 Å². The van der Waals surface area contributed by atoms with Crippen molar-refractivity contribution in [3.05, 3.63) is 24.3 Å². The van der Waals surface area contributed by atoms with Crippen LogP contribution in [-0.2, 0) is 10.0 Å². The van der Waals surface area contributed by atoms with Gasteiger partial charge in [-0.1, -0.05) is 0 Å². The number of aliphatic hydroxyl groups is 2. The van der Waals surface area contributed by atoms with Crippen LogP contribution in [0.5, 0.6) is 0 Å². The SMILES string of the molecule is CC(O)(CO)CNS(=O)(=O)c1ccc(N)cc1. The average Bonchev–Trinajstić information content (AvgIpc) is 2.27. The molecule has 0 saturated heterocycles. The van der Waals surface area contributed by atoms with E-state index in [1.165, 1.54) is 31.2 Å². The lowest BCUT2D eigenvalue weighted by atomic mass is 10.1. The van der Waals surface area contributed by atoms with Crippen LogP contribution in [0.15, 0.2) is 29.2 Å². The molecule has 17 heavy (non-hydrogen) atoms. The first-order valence-corrected chi connectivity index (χ1v) is 6.44. The number of hydrogen-bond acceptors (Lipinski definition) is 5. The summed E-state index contributed by atoms with van der Waals surface area (Å²) in [6.45, 7) is 0.534. The largest absolute Gasteiger partial charge is 0.399 e. The van der Waals surface area contributed by atoms with Crippen molar-refractivity contribution in [1.29, 1.82) is 0 Å². The summed E-state index contributed by atoms with van der Waals surface area (Å²) >= 11 is 0. The average molecular weight is 260 g/mol. The first-order chi connectivity index (χ1) is 7.77. The predicted octanol–water partition coefficient (Wildman–Crippen LogP) is -0.710. The van der Waals surface area contributed by atoms with Gasteiger partial charge in [-0.05, 0) is 31.2 Å². The minimum Gasteiger partial charge on any atom is -0.399 e. The lowest BCUT2D eigenvalue weighted by molar-refractivity contribution is 0.00681. The summed E-state index contributed by atoms with van der Waals surface area (Å²) in [5.41, 5.74) is 4.43. The van der Waals surface area contributed by atoms with E-state index >= 15 is 0 Å². The second-order valence-electron chi connectivity index (χ2n) is 4.05. The van der Waals surface area contributed by atoms with Crippen LogP contribution in [0.25, 0.3) is 0 Å². The number of nitrogens with one attached hydrogen (secondary N) is 1. The Morgan fingerprint density at radius 3 is 2.35 bits per heavy atom. The van der Waals surface area contributed by atoms with Crippen molar-refractivity contribution >= 4 is 15.7 Å². The van der Waals surface area contributed by atoms with E-state index in [1.807, 2.05) is 0 Å². The summed E-state index contributed by atoms with van der Waals surface area (Å²) < 4.78 is 25.7. The number of benzene rings is 1. The Balaban J connectivity index is 2.79. The van der Waals surface area contributed by atoms with Gasteiger partial charge in [-0.25, -0.2) is 13.1 Å². The lowest BCUT2D eigenvalue weighted by Gasteiger charge is -2.20. The van der Waals surface area contributed by atoms with E-state index in [1.54, 1.807) is 0 Å². The molecule has 96 valence electrons. The molecule has 1 rings (SSSR count). The maximum absolute atomic E-state index is 11.8. The van der Waals surface area contributed by atoms with Crippen LogP contribution < -0.4 is 10.5 Å². The molecule has 0 amide bonds. The Hall–Kier alpha value is -1.15. The lowest BCUT2D eigenvalue weighted by Crippen LogP contribution is -2.43. The van der Waals surface area contributed by atoms with Crippen LogP contribution >= 0.6 is 0 Å². The molecule has 0 heterocycles. The molecule has 6 nitrogen and oxygen atoms in total. The molecule has 7 heteroatoms. The third-order valence-electron chi connectivity index (χ3n) is 2.17. The molecule has 0 fully saturated rings. The first-order valence-electron chi connectivity index (χ1n) is 4.95. The highest BCUT2D eigenvalue weighted by molar-refractivity contribution is 7.89. The number of anilines is 1. The Morgan fingerprint density at radius 2 is 1.88 bits per heavy atom. The summed E-state index contributed by atoms with van der Waals surface area (Å²) in [4.78, 5) is 0.0560. The fraction of sp³-hybridized carbons (Fsp3) is 0.400. The second-order valence-corrected chi connectivity index (χ2v) is 5.82.